The van der Waals surface area contributed by atoms with E-state index in [-0.39, 0.29) is 22.9 Å². The number of aromatic nitrogens is 3. The molecule has 0 aliphatic heterocycles. The molecular formula is C24H20FN5O3. The molecule has 2 heterocycles. The number of nitrogens with zero attached hydrogens (tertiary/aromatic N) is 4. The summed E-state index contributed by atoms with van der Waals surface area (Å²) in [5, 5.41) is 15.2. The smallest absolute Gasteiger partial charge is 0.307 e. The molecule has 1 N–H and O–H groups in total. The predicted octanol–water partition coefficient (Wildman–Crippen LogP) is 5.41. The molecule has 0 atom stereocenters. The predicted molar refractivity (Wildman–Crippen MR) is 121 cm³/mol. The maximum Gasteiger partial charge on any atom is 0.307 e. The summed E-state index contributed by atoms with van der Waals surface area (Å²) in [5.74, 6) is 0.235. The molecule has 3 fully saturated rings. The first-order valence-electron chi connectivity index (χ1n) is 10.7. The Morgan fingerprint density at radius 1 is 1.24 bits per heavy atom. The van der Waals surface area contributed by atoms with Gasteiger partial charge in [0.25, 0.3) is 0 Å². The maximum atomic E-state index is 14.0. The lowest BCUT2D eigenvalue weighted by atomic mass is 9.49. The number of rotatable bonds is 6. The number of halogens is 1. The van der Waals surface area contributed by atoms with Crippen LogP contribution in [0, 0.1) is 21.8 Å². The first kappa shape index (κ1) is 19.7. The van der Waals surface area contributed by atoms with Crippen molar-refractivity contribution in [3.8, 4) is 17.0 Å². The Bertz CT molecular complexity index is 1420. The summed E-state index contributed by atoms with van der Waals surface area (Å²) in [6.07, 6.45) is 7.48. The highest BCUT2D eigenvalue weighted by Gasteiger charge is 2.58. The molecule has 3 saturated carbocycles. The Hall–Kier alpha value is -4.01. The number of benzene rings is 2. The van der Waals surface area contributed by atoms with Crippen molar-refractivity contribution >= 4 is 28.2 Å². The molecule has 3 aliphatic carbocycles. The molecule has 3 aliphatic rings. The second-order valence-electron chi connectivity index (χ2n) is 8.78. The van der Waals surface area contributed by atoms with Crippen LogP contribution in [-0.4, -0.2) is 26.6 Å². The van der Waals surface area contributed by atoms with E-state index in [1.807, 2.05) is 12.1 Å². The van der Waals surface area contributed by atoms with E-state index in [1.165, 1.54) is 31.9 Å². The Balaban J connectivity index is 1.40. The van der Waals surface area contributed by atoms with Crippen molar-refractivity contribution in [1.82, 2.24) is 14.5 Å². The van der Waals surface area contributed by atoms with Crippen LogP contribution in [0.15, 0.2) is 54.9 Å². The number of nitro benzene ring substituents is 1. The second kappa shape index (κ2) is 6.99. The summed E-state index contributed by atoms with van der Waals surface area (Å²) in [6.45, 7) is 0. The van der Waals surface area contributed by atoms with Crippen LogP contribution >= 0.6 is 0 Å². The van der Waals surface area contributed by atoms with Crippen LogP contribution in [-0.2, 0) is 5.54 Å². The van der Waals surface area contributed by atoms with Gasteiger partial charge in [0.2, 0.25) is 11.8 Å². The van der Waals surface area contributed by atoms with Crippen molar-refractivity contribution < 1.29 is 14.1 Å². The van der Waals surface area contributed by atoms with Crippen LogP contribution in [0.4, 0.5) is 21.7 Å². The molecule has 2 aromatic heterocycles. The molecule has 2 aromatic carbocycles. The zero-order valence-electron chi connectivity index (χ0n) is 17.8. The van der Waals surface area contributed by atoms with Gasteiger partial charge in [-0.2, -0.15) is 4.39 Å². The molecule has 166 valence electrons. The van der Waals surface area contributed by atoms with E-state index in [0.717, 1.165) is 34.7 Å². The van der Waals surface area contributed by atoms with Gasteiger partial charge in [-0.1, -0.05) is 18.2 Å². The largest absolute Gasteiger partial charge is 0.494 e. The number of ether oxygens (including phenoxy) is 1. The molecule has 0 radical (unpaired) electrons. The molecular weight excluding hydrogens is 425 g/mol. The zero-order valence-corrected chi connectivity index (χ0v) is 17.8. The number of nitrogens with one attached hydrogen (secondary N) is 1. The number of hydrogen-bond donors (Lipinski definition) is 1. The quantitative estimate of drug-likeness (QED) is 0.315. The van der Waals surface area contributed by atoms with Gasteiger partial charge in [-0.05, 0) is 37.3 Å². The maximum absolute atomic E-state index is 14.0. The van der Waals surface area contributed by atoms with Gasteiger partial charge in [0.1, 0.15) is 5.75 Å². The van der Waals surface area contributed by atoms with Gasteiger partial charge in [-0.25, -0.2) is 9.97 Å². The van der Waals surface area contributed by atoms with Gasteiger partial charge < -0.3 is 14.6 Å². The van der Waals surface area contributed by atoms with Crippen LogP contribution in [0.5, 0.6) is 5.75 Å². The average Bonchev–Trinajstić information content (AvgIpc) is 3.12. The molecule has 7 rings (SSSR count). The minimum Gasteiger partial charge on any atom is -0.494 e. The SMILES string of the molecule is COc1cc(F)c([N+](=O)[O-])cc1Nc1nccc(-c2cn(C34CC(C3)C4)c3ccccc23)n1. The highest BCUT2D eigenvalue weighted by molar-refractivity contribution is 5.95. The van der Waals surface area contributed by atoms with Gasteiger partial charge in [0.05, 0.1) is 23.4 Å². The molecule has 0 saturated heterocycles. The standard InChI is InChI=1S/C24H20FN5O3/c1-33-22-8-17(25)21(30(31)32)9-19(22)28-23-26-7-6-18(27-23)16-13-29(24-10-14(11-24)12-24)20-5-3-2-4-15(16)20/h2-9,13-14H,10-12H2,1H3,(H,26,27,28). The van der Waals surface area contributed by atoms with Gasteiger partial charge in [0.15, 0.2) is 0 Å². The molecule has 0 unspecified atom stereocenters. The fraction of sp³-hybridized carbons (Fsp3) is 0.250. The number of anilines is 2. The summed E-state index contributed by atoms with van der Waals surface area (Å²) in [5.41, 5.74) is 2.70. The third-order valence-electron chi connectivity index (χ3n) is 6.87. The first-order valence-corrected chi connectivity index (χ1v) is 10.7. The fourth-order valence-electron chi connectivity index (χ4n) is 5.14. The van der Waals surface area contributed by atoms with Gasteiger partial charge in [0, 0.05) is 46.5 Å². The lowest BCUT2D eigenvalue weighted by molar-refractivity contribution is -0.387. The first-order chi connectivity index (χ1) is 16.0. The van der Waals surface area contributed by atoms with Gasteiger partial charge in [-0.15, -0.1) is 0 Å². The van der Waals surface area contributed by atoms with Crippen LogP contribution in [0.25, 0.3) is 22.2 Å². The number of methoxy groups -OCH3 is 1. The third-order valence-corrected chi connectivity index (χ3v) is 6.87. The van der Waals surface area contributed by atoms with Crippen LogP contribution in [0.2, 0.25) is 0 Å². The Morgan fingerprint density at radius 2 is 2.03 bits per heavy atom. The van der Waals surface area contributed by atoms with Crippen molar-refractivity contribution in [2.75, 3.05) is 12.4 Å². The number of hydrogen-bond acceptors (Lipinski definition) is 6. The van der Waals surface area contributed by atoms with Crippen molar-refractivity contribution in [1.29, 1.82) is 0 Å². The van der Waals surface area contributed by atoms with Crippen molar-refractivity contribution in [3.63, 3.8) is 0 Å². The Morgan fingerprint density at radius 3 is 2.73 bits per heavy atom. The van der Waals surface area contributed by atoms with E-state index in [0.29, 0.717) is 0 Å². The normalized spacial score (nSPS) is 20.7. The average molecular weight is 445 g/mol. The molecule has 2 bridgehead atoms. The Kier molecular flexibility index (Phi) is 4.17. The van der Waals surface area contributed by atoms with Crippen LogP contribution in [0.3, 0.4) is 0 Å². The molecule has 9 heteroatoms. The molecule has 0 amide bonds. The minimum absolute atomic E-state index is 0.118. The lowest BCUT2D eigenvalue weighted by Gasteiger charge is -2.62. The number of nitro groups is 1. The number of para-hydroxylation sites is 1. The second-order valence-corrected chi connectivity index (χ2v) is 8.78. The summed E-state index contributed by atoms with van der Waals surface area (Å²) in [7, 11) is 1.36. The van der Waals surface area contributed by atoms with Crippen molar-refractivity contribution in [2.45, 2.75) is 24.8 Å². The van der Waals surface area contributed by atoms with E-state index in [1.54, 1.807) is 6.20 Å². The van der Waals surface area contributed by atoms with E-state index in [9.17, 15) is 14.5 Å². The van der Waals surface area contributed by atoms with Crippen LogP contribution in [0.1, 0.15) is 19.3 Å². The number of fused-ring (bicyclic) bond motifs is 1. The van der Waals surface area contributed by atoms with Crippen LogP contribution < -0.4 is 10.1 Å². The Labute approximate surface area is 188 Å². The fourth-order valence-corrected chi connectivity index (χ4v) is 5.14. The highest BCUT2D eigenvalue weighted by Crippen LogP contribution is 2.63. The van der Waals surface area contributed by atoms with Crippen molar-refractivity contribution in [3.05, 3.63) is 70.8 Å². The summed E-state index contributed by atoms with van der Waals surface area (Å²) in [6, 6.07) is 12.2. The zero-order chi connectivity index (χ0) is 22.7. The summed E-state index contributed by atoms with van der Waals surface area (Å²) < 4.78 is 21.6. The van der Waals surface area contributed by atoms with E-state index in [2.05, 4.69) is 44.2 Å². The topological polar surface area (TPSA) is 95.1 Å². The summed E-state index contributed by atoms with van der Waals surface area (Å²) in [4.78, 5) is 19.3. The van der Waals surface area contributed by atoms with Gasteiger partial charge >= 0.3 is 5.69 Å². The molecule has 4 aromatic rings. The molecule has 8 nitrogen and oxygen atoms in total. The highest BCUT2D eigenvalue weighted by atomic mass is 19.1. The van der Waals surface area contributed by atoms with E-state index >= 15 is 0 Å². The van der Waals surface area contributed by atoms with Crippen molar-refractivity contribution in [2.24, 2.45) is 5.92 Å². The minimum atomic E-state index is -0.974. The van der Waals surface area contributed by atoms with Gasteiger partial charge in [-0.3, -0.25) is 10.1 Å². The lowest BCUT2D eigenvalue weighted by Crippen LogP contribution is -2.58. The molecule has 0 spiro atoms. The van der Waals surface area contributed by atoms with E-state index < -0.39 is 16.4 Å². The molecule has 33 heavy (non-hydrogen) atoms. The monoisotopic (exact) mass is 445 g/mol. The van der Waals surface area contributed by atoms with E-state index in [4.69, 9.17) is 4.74 Å². The summed E-state index contributed by atoms with van der Waals surface area (Å²) >= 11 is 0. The third kappa shape index (κ3) is 2.95.